The molecule has 18 unspecified atom stereocenters. The minimum atomic E-state index is -0.754. The number of carbonyl (C=O) groups is 3. The molecule has 0 aliphatic heterocycles. The Bertz CT molecular complexity index is 2200. The molecule has 6 fully saturated rings. The number of carboxylic acids is 3. The second kappa shape index (κ2) is 45.3. The highest BCUT2D eigenvalue weighted by atomic mass is 16.4. The van der Waals surface area contributed by atoms with Gasteiger partial charge < -0.3 is 61.3 Å². The molecular weight excluding hydrogens is 1280 g/mol. The van der Waals surface area contributed by atoms with Gasteiger partial charge in [0.15, 0.2) is 0 Å². The van der Waals surface area contributed by atoms with Gasteiger partial charge in [0, 0.05) is 19.8 Å². The minimum Gasteiger partial charge on any atom is -0.481 e. The zero-order valence-corrected chi connectivity index (χ0v) is 67.4. The van der Waals surface area contributed by atoms with E-state index in [1.807, 2.05) is 0 Å². The fourth-order valence-electron chi connectivity index (χ4n) is 19.4. The lowest BCUT2D eigenvalue weighted by molar-refractivity contribution is -0.148. The number of carboxylic acid groups (broad SMARTS) is 3. The molecule has 12 N–H and O–H groups in total. The summed E-state index contributed by atoms with van der Waals surface area (Å²) in [5.74, 6) is 2.06. The van der Waals surface area contributed by atoms with E-state index in [4.69, 9.17) is 0 Å². The van der Waals surface area contributed by atoms with E-state index in [2.05, 4.69) is 41.5 Å². The predicted octanol–water partition coefficient (Wildman–Crippen LogP) is 18.5. The summed E-state index contributed by atoms with van der Waals surface area (Å²) in [5.41, 5.74) is -2.13. The SMILES string of the molecule is CC(C)(CCCC1CCCC(CCCC2CCCC(CCCC(C)(C)C(=O)O)C2O)C1O)C(=O)O.CC(C)(CO)CCCC1CCCC(CCCC2CCCC(CCCC(C)(C)C(=O)O)C2O)C1O.CC(C)(CO)CCCC1CCCC(CCCC2CCCC(CCCC(C)(C)CO)C2O)C1O. The van der Waals surface area contributed by atoms with Gasteiger partial charge in [-0.25, -0.2) is 0 Å². The van der Waals surface area contributed by atoms with Crippen molar-refractivity contribution in [3.63, 3.8) is 0 Å². The highest BCUT2D eigenvalue weighted by molar-refractivity contribution is 5.74. The molecule has 15 heteroatoms. The molecule has 6 aliphatic rings. The lowest BCUT2D eigenvalue weighted by Gasteiger charge is -2.37. The number of aliphatic carboxylic acids is 3. The van der Waals surface area contributed by atoms with E-state index in [-0.39, 0.29) is 84.5 Å². The Balaban J connectivity index is 0.000000324. The lowest BCUT2D eigenvalue weighted by Crippen LogP contribution is -2.35. The molecule has 0 radical (unpaired) electrons. The van der Waals surface area contributed by atoms with Crippen LogP contribution in [0.2, 0.25) is 0 Å². The van der Waals surface area contributed by atoms with Crippen molar-refractivity contribution in [2.24, 2.45) is 104 Å². The maximum Gasteiger partial charge on any atom is 0.309 e. The van der Waals surface area contributed by atoms with Crippen LogP contribution in [0, 0.1) is 104 Å². The Morgan fingerprint density at radius 1 is 0.235 bits per heavy atom. The molecule has 0 spiro atoms. The monoisotopic (exact) mass is 1450 g/mol. The van der Waals surface area contributed by atoms with Crippen LogP contribution in [-0.4, -0.2) is 136 Å². The van der Waals surface area contributed by atoms with E-state index in [9.17, 15) is 75.7 Å². The van der Waals surface area contributed by atoms with Crippen molar-refractivity contribution in [3.05, 3.63) is 0 Å². The van der Waals surface area contributed by atoms with Gasteiger partial charge in [0.05, 0.1) is 52.9 Å². The Morgan fingerprint density at radius 3 is 0.490 bits per heavy atom. The van der Waals surface area contributed by atoms with Crippen LogP contribution in [0.5, 0.6) is 0 Å². The number of hydrogen-bond donors (Lipinski definition) is 12. The van der Waals surface area contributed by atoms with Gasteiger partial charge in [-0.15, -0.1) is 0 Å². The quantitative estimate of drug-likeness (QED) is 0.0271. The zero-order valence-electron chi connectivity index (χ0n) is 67.4. The Labute approximate surface area is 622 Å². The first-order valence-corrected chi connectivity index (χ1v) is 42.5. The third-order valence-electron chi connectivity index (χ3n) is 27.6. The number of hydrogen-bond acceptors (Lipinski definition) is 12. The van der Waals surface area contributed by atoms with Crippen molar-refractivity contribution < 1.29 is 75.7 Å². The maximum absolute atomic E-state index is 11.3. The van der Waals surface area contributed by atoms with Gasteiger partial charge in [0.1, 0.15) is 0 Å². The summed E-state index contributed by atoms with van der Waals surface area (Å²) in [6.45, 7) is 24.0. The van der Waals surface area contributed by atoms with Gasteiger partial charge >= 0.3 is 17.9 Å². The van der Waals surface area contributed by atoms with Crippen LogP contribution in [0.3, 0.4) is 0 Å². The van der Waals surface area contributed by atoms with Crippen LogP contribution in [0.25, 0.3) is 0 Å². The molecule has 0 aromatic heterocycles. The highest BCUT2D eigenvalue weighted by Gasteiger charge is 2.40. The largest absolute Gasteiger partial charge is 0.481 e. The smallest absolute Gasteiger partial charge is 0.309 e. The molecule has 18 atom stereocenters. The van der Waals surface area contributed by atoms with Crippen LogP contribution < -0.4 is 0 Å². The summed E-state index contributed by atoms with van der Waals surface area (Å²) in [4.78, 5) is 34.0. The van der Waals surface area contributed by atoms with Crippen molar-refractivity contribution >= 4 is 17.9 Å². The Kier molecular flexibility index (Phi) is 41.0. The average molecular weight is 1450 g/mol. The van der Waals surface area contributed by atoms with Gasteiger partial charge in [0.2, 0.25) is 0 Å². The normalized spacial score (nSPS) is 30.9. The molecule has 102 heavy (non-hydrogen) atoms. The minimum absolute atomic E-state index is 0.00719. The van der Waals surface area contributed by atoms with E-state index in [0.29, 0.717) is 78.4 Å². The van der Waals surface area contributed by atoms with E-state index < -0.39 is 34.2 Å². The second-order valence-corrected chi connectivity index (χ2v) is 39.3. The molecule has 6 saturated carbocycles. The molecule has 0 aromatic carbocycles. The topological polar surface area (TPSA) is 294 Å². The fourth-order valence-corrected chi connectivity index (χ4v) is 19.4. The number of aliphatic hydroxyl groups excluding tert-OH is 9. The average Bonchev–Trinajstić information content (AvgIpc) is 0.864. The van der Waals surface area contributed by atoms with Crippen molar-refractivity contribution in [2.45, 2.75) is 409 Å². The first-order valence-electron chi connectivity index (χ1n) is 42.5. The second-order valence-electron chi connectivity index (χ2n) is 39.3. The maximum atomic E-state index is 11.3. The van der Waals surface area contributed by atoms with E-state index >= 15 is 0 Å². The molecular formula is C87H162O15. The van der Waals surface area contributed by atoms with Crippen LogP contribution in [0.4, 0.5) is 0 Å². The molecule has 600 valence electrons. The molecule has 0 heterocycles. The molecule has 0 saturated heterocycles. The third kappa shape index (κ3) is 32.3. The first-order chi connectivity index (χ1) is 47.9. The molecule has 6 aliphatic carbocycles. The fraction of sp³-hybridized carbons (Fsp3) is 0.966. The highest BCUT2D eigenvalue weighted by Crippen LogP contribution is 2.45. The van der Waals surface area contributed by atoms with E-state index in [1.165, 1.54) is 19.3 Å². The molecule has 0 aromatic rings. The molecule has 0 amide bonds. The van der Waals surface area contributed by atoms with Crippen LogP contribution in [0.15, 0.2) is 0 Å². The van der Waals surface area contributed by atoms with Crippen LogP contribution in [-0.2, 0) is 14.4 Å². The summed E-state index contributed by atoms with van der Waals surface area (Å²) >= 11 is 0. The summed E-state index contributed by atoms with van der Waals surface area (Å²) < 4.78 is 0. The van der Waals surface area contributed by atoms with E-state index in [1.54, 1.807) is 41.5 Å². The zero-order chi connectivity index (χ0) is 76.1. The van der Waals surface area contributed by atoms with Gasteiger partial charge in [-0.05, 0) is 321 Å². The van der Waals surface area contributed by atoms with Gasteiger partial charge in [-0.3, -0.25) is 14.4 Å². The Hall–Kier alpha value is -1.95. The molecule has 6 rings (SSSR count). The molecule has 0 bridgehead atoms. The lowest BCUT2D eigenvalue weighted by atomic mass is 9.72. The molecule has 15 nitrogen and oxygen atoms in total. The Morgan fingerprint density at radius 2 is 0.363 bits per heavy atom. The van der Waals surface area contributed by atoms with Gasteiger partial charge in [-0.2, -0.15) is 0 Å². The number of aliphatic hydroxyl groups is 9. The standard InChI is InChI=1S/C29H52O6.C29H54O5.C29H56O4/c1-28(2,26(32)33)18-8-16-22-14-6-12-20(24(22)30)10-5-11-21-13-7-15-23(25(21)31)17-9-19-29(3,4)27(34)35;1-28(2,20-30)18-8-16-23-14-6-12-21(25(23)31)10-5-11-22-13-7-15-24(26(22)32)17-9-19-29(3,4)27(33)34;1-28(2,20-30)18-8-16-24-14-6-12-22(26(24)32)10-5-11-23-13-7-15-25(27(23)33)17-9-19-29(3,4)21-31/h20-25,30-31H,5-19H2,1-4H3,(H,32,33)(H,34,35);21-26,30-32H,5-20H2,1-4H3,(H,33,34);22-27,30-33H,5-21H2,1-4H3. The summed E-state index contributed by atoms with van der Waals surface area (Å²) in [6.07, 6.45) is 45.1. The van der Waals surface area contributed by atoms with Crippen molar-refractivity contribution in [1.29, 1.82) is 0 Å². The summed E-state index contributed by atoms with van der Waals surface area (Å²) in [7, 11) is 0. The first kappa shape index (κ1) is 92.4. The van der Waals surface area contributed by atoms with Crippen molar-refractivity contribution in [3.8, 4) is 0 Å². The van der Waals surface area contributed by atoms with Gasteiger partial charge in [-0.1, -0.05) is 138 Å². The summed E-state index contributed by atoms with van der Waals surface area (Å²) in [6, 6.07) is 0. The van der Waals surface area contributed by atoms with E-state index in [0.717, 1.165) is 250 Å². The van der Waals surface area contributed by atoms with Crippen molar-refractivity contribution in [2.75, 3.05) is 19.8 Å². The predicted molar refractivity (Wildman–Crippen MR) is 413 cm³/mol. The van der Waals surface area contributed by atoms with Crippen LogP contribution >= 0.6 is 0 Å². The number of rotatable bonds is 42. The summed E-state index contributed by atoms with van der Waals surface area (Å²) in [5, 5.41) is 122. The van der Waals surface area contributed by atoms with Crippen LogP contribution in [0.1, 0.15) is 372 Å². The van der Waals surface area contributed by atoms with Crippen molar-refractivity contribution in [1.82, 2.24) is 0 Å². The third-order valence-corrected chi connectivity index (χ3v) is 27.6. The van der Waals surface area contributed by atoms with Gasteiger partial charge in [0.25, 0.3) is 0 Å².